The third-order valence-corrected chi connectivity index (χ3v) is 3.54. The summed E-state index contributed by atoms with van der Waals surface area (Å²) in [6, 6.07) is 10.6. The molecule has 3 aromatic rings. The van der Waals surface area contributed by atoms with E-state index in [1.807, 2.05) is 6.07 Å². The number of aromatic nitrogens is 1. The number of amides is 1. The van der Waals surface area contributed by atoms with Crippen molar-refractivity contribution in [3.63, 3.8) is 0 Å². The van der Waals surface area contributed by atoms with Crippen LogP contribution in [0.1, 0.15) is 10.4 Å². The predicted molar refractivity (Wildman–Crippen MR) is 85.8 cm³/mol. The van der Waals surface area contributed by atoms with Crippen molar-refractivity contribution in [3.05, 3.63) is 53.2 Å². The van der Waals surface area contributed by atoms with Gasteiger partial charge in [-0.2, -0.15) is 0 Å². The summed E-state index contributed by atoms with van der Waals surface area (Å²) in [6.45, 7) is 0.778. The van der Waals surface area contributed by atoms with Gasteiger partial charge in [-0.25, -0.2) is 4.98 Å². The molecule has 2 aromatic heterocycles. The molecule has 0 aliphatic carbocycles. The fourth-order valence-electron chi connectivity index (χ4n) is 2.23. The van der Waals surface area contributed by atoms with E-state index in [1.54, 1.807) is 36.6 Å². The molecular weight excluding hydrogens is 302 g/mol. The summed E-state index contributed by atoms with van der Waals surface area (Å²) in [7, 11) is 0. The van der Waals surface area contributed by atoms with Crippen LogP contribution in [0.4, 0.5) is 0 Å². The zero-order valence-corrected chi connectivity index (χ0v) is 12.4. The molecule has 1 amide bonds. The molecule has 2 heterocycles. The van der Waals surface area contributed by atoms with E-state index in [9.17, 15) is 4.79 Å². The van der Waals surface area contributed by atoms with E-state index in [2.05, 4.69) is 10.3 Å². The minimum absolute atomic E-state index is 0.215. The van der Waals surface area contributed by atoms with Crippen LogP contribution >= 0.6 is 11.6 Å². The molecular formula is C16H14ClN3O2. The standard InChI is InChI=1S/C16H14ClN3O2/c17-12-4-1-3-10-11(16(21)19-7-6-18)9-13(20-15(10)12)14-5-2-8-22-14/h1-5,8-9H,6-7,18H2,(H,19,21). The number of nitrogens with zero attached hydrogens (tertiary/aromatic N) is 1. The van der Waals surface area contributed by atoms with Gasteiger partial charge in [-0.05, 0) is 24.3 Å². The van der Waals surface area contributed by atoms with Gasteiger partial charge >= 0.3 is 0 Å². The van der Waals surface area contributed by atoms with E-state index in [4.69, 9.17) is 21.8 Å². The quantitative estimate of drug-likeness (QED) is 0.775. The summed E-state index contributed by atoms with van der Waals surface area (Å²) in [6.07, 6.45) is 1.56. The number of carbonyl (C=O) groups excluding carboxylic acids is 1. The number of benzene rings is 1. The van der Waals surface area contributed by atoms with Gasteiger partial charge in [0.15, 0.2) is 5.76 Å². The first-order valence-electron chi connectivity index (χ1n) is 6.82. The number of hydrogen-bond acceptors (Lipinski definition) is 4. The zero-order valence-electron chi connectivity index (χ0n) is 11.7. The number of carbonyl (C=O) groups is 1. The summed E-state index contributed by atoms with van der Waals surface area (Å²) >= 11 is 6.23. The summed E-state index contributed by atoms with van der Waals surface area (Å²) in [5, 5.41) is 3.94. The second-order valence-corrected chi connectivity index (χ2v) is 5.12. The van der Waals surface area contributed by atoms with Crippen molar-refractivity contribution in [2.45, 2.75) is 0 Å². The van der Waals surface area contributed by atoms with Crippen molar-refractivity contribution >= 4 is 28.4 Å². The minimum Gasteiger partial charge on any atom is -0.463 e. The molecule has 0 unspecified atom stereocenters. The Kier molecular flexibility index (Phi) is 4.09. The molecule has 3 N–H and O–H groups in total. The molecule has 6 heteroatoms. The number of para-hydroxylation sites is 1. The lowest BCUT2D eigenvalue weighted by atomic mass is 10.1. The Bertz CT molecular complexity index is 816. The van der Waals surface area contributed by atoms with Gasteiger partial charge in [-0.1, -0.05) is 23.7 Å². The number of nitrogens with two attached hydrogens (primary N) is 1. The van der Waals surface area contributed by atoms with Crippen molar-refractivity contribution in [2.24, 2.45) is 5.73 Å². The number of hydrogen-bond donors (Lipinski definition) is 2. The molecule has 0 spiro atoms. The van der Waals surface area contributed by atoms with E-state index in [1.165, 1.54) is 0 Å². The van der Waals surface area contributed by atoms with Crippen LogP contribution in [0.25, 0.3) is 22.4 Å². The summed E-state index contributed by atoms with van der Waals surface area (Å²) in [5.74, 6) is 0.364. The number of nitrogens with one attached hydrogen (secondary N) is 1. The van der Waals surface area contributed by atoms with Crippen molar-refractivity contribution in [1.29, 1.82) is 0 Å². The van der Waals surface area contributed by atoms with Crippen LogP contribution in [-0.2, 0) is 0 Å². The highest BCUT2D eigenvalue weighted by Crippen LogP contribution is 2.29. The predicted octanol–water partition coefficient (Wildman–Crippen LogP) is 2.84. The molecule has 0 atom stereocenters. The fourth-order valence-corrected chi connectivity index (χ4v) is 2.45. The van der Waals surface area contributed by atoms with E-state index in [0.29, 0.717) is 46.0 Å². The SMILES string of the molecule is NCCNC(=O)c1cc(-c2ccco2)nc2c(Cl)cccc12. The Morgan fingerprint density at radius 3 is 2.91 bits per heavy atom. The van der Waals surface area contributed by atoms with E-state index >= 15 is 0 Å². The molecule has 3 rings (SSSR count). The van der Waals surface area contributed by atoms with Gasteiger partial charge in [0.25, 0.3) is 5.91 Å². The first-order valence-corrected chi connectivity index (χ1v) is 7.20. The molecule has 0 fully saturated rings. The smallest absolute Gasteiger partial charge is 0.252 e. The lowest BCUT2D eigenvalue weighted by molar-refractivity contribution is 0.0956. The lowest BCUT2D eigenvalue weighted by Crippen LogP contribution is -2.29. The largest absolute Gasteiger partial charge is 0.463 e. The topological polar surface area (TPSA) is 81.1 Å². The van der Waals surface area contributed by atoms with Crippen molar-refractivity contribution < 1.29 is 9.21 Å². The molecule has 0 saturated carbocycles. The van der Waals surface area contributed by atoms with Crippen LogP contribution in [0.3, 0.4) is 0 Å². The molecule has 112 valence electrons. The average Bonchev–Trinajstić information content (AvgIpc) is 3.06. The second-order valence-electron chi connectivity index (χ2n) is 4.71. The number of halogens is 1. The van der Waals surface area contributed by atoms with Gasteiger partial charge in [0.2, 0.25) is 0 Å². The highest BCUT2D eigenvalue weighted by atomic mass is 35.5. The van der Waals surface area contributed by atoms with Crippen LogP contribution in [0.15, 0.2) is 47.1 Å². The third kappa shape index (κ3) is 2.68. The highest BCUT2D eigenvalue weighted by molar-refractivity contribution is 6.35. The van der Waals surface area contributed by atoms with E-state index < -0.39 is 0 Å². The van der Waals surface area contributed by atoms with E-state index in [0.717, 1.165) is 0 Å². The van der Waals surface area contributed by atoms with Gasteiger partial charge in [0.1, 0.15) is 5.69 Å². The number of rotatable bonds is 4. The van der Waals surface area contributed by atoms with Crippen molar-refractivity contribution in [1.82, 2.24) is 10.3 Å². The maximum atomic E-state index is 12.4. The van der Waals surface area contributed by atoms with Gasteiger partial charge in [0, 0.05) is 18.5 Å². The number of fused-ring (bicyclic) bond motifs is 1. The maximum absolute atomic E-state index is 12.4. The minimum atomic E-state index is -0.215. The molecule has 0 aliphatic heterocycles. The summed E-state index contributed by atoms with van der Waals surface area (Å²) in [4.78, 5) is 16.9. The van der Waals surface area contributed by atoms with Crippen LogP contribution in [0, 0.1) is 0 Å². The number of pyridine rings is 1. The van der Waals surface area contributed by atoms with E-state index in [-0.39, 0.29) is 5.91 Å². The molecule has 0 saturated heterocycles. The lowest BCUT2D eigenvalue weighted by Gasteiger charge is -2.10. The Hall–Kier alpha value is -2.37. The fraction of sp³-hybridized carbons (Fsp3) is 0.125. The van der Waals surface area contributed by atoms with Crippen LogP contribution < -0.4 is 11.1 Å². The average molecular weight is 316 g/mol. The summed E-state index contributed by atoms with van der Waals surface area (Å²) in [5.41, 5.74) is 7.05. The number of furan rings is 1. The van der Waals surface area contributed by atoms with Crippen molar-refractivity contribution in [2.75, 3.05) is 13.1 Å². The zero-order chi connectivity index (χ0) is 15.5. The molecule has 0 radical (unpaired) electrons. The van der Waals surface area contributed by atoms with Gasteiger partial charge in [-0.3, -0.25) is 4.79 Å². The Labute approximate surface area is 132 Å². The molecule has 5 nitrogen and oxygen atoms in total. The molecule has 0 aliphatic rings. The van der Waals surface area contributed by atoms with Crippen molar-refractivity contribution in [3.8, 4) is 11.5 Å². The Morgan fingerprint density at radius 2 is 2.18 bits per heavy atom. The summed E-state index contributed by atoms with van der Waals surface area (Å²) < 4.78 is 5.37. The first-order chi connectivity index (χ1) is 10.7. The highest BCUT2D eigenvalue weighted by Gasteiger charge is 2.16. The Morgan fingerprint density at radius 1 is 1.32 bits per heavy atom. The first kappa shape index (κ1) is 14.6. The van der Waals surface area contributed by atoms with Crippen LogP contribution in [-0.4, -0.2) is 24.0 Å². The molecule has 1 aromatic carbocycles. The van der Waals surface area contributed by atoms with Gasteiger partial charge in [-0.15, -0.1) is 0 Å². The monoisotopic (exact) mass is 315 g/mol. The third-order valence-electron chi connectivity index (χ3n) is 3.24. The van der Waals surface area contributed by atoms with Gasteiger partial charge < -0.3 is 15.5 Å². The van der Waals surface area contributed by atoms with Gasteiger partial charge in [0.05, 0.1) is 22.4 Å². The molecule has 0 bridgehead atoms. The van der Waals surface area contributed by atoms with Crippen LogP contribution in [0.2, 0.25) is 5.02 Å². The van der Waals surface area contributed by atoms with Crippen LogP contribution in [0.5, 0.6) is 0 Å². The normalized spacial score (nSPS) is 10.8. The molecule has 22 heavy (non-hydrogen) atoms. The Balaban J connectivity index is 2.20. The maximum Gasteiger partial charge on any atom is 0.252 e. The second kappa shape index (κ2) is 6.17.